The number of aliphatic hydroxyl groups excluding tert-OH is 1. The second-order valence-corrected chi connectivity index (χ2v) is 7.31. The number of benzene rings is 1. The third kappa shape index (κ3) is 3.84. The summed E-state index contributed by atoms with van der Waals surface area (Å²) in [4.78, 5) is 16.7. The van der Waals surface area contributed by atoms with Crippen molar-refractivity contribution in [3.63, 3.8) is 0 Å². The molecular weight excluding hydrogens is 402 g/mol. The van der Waals surface area contributed by atoms with E-state index in [0.717, 1.165) is 6.07 Å². The molecule has 0 fully saturated rings. The summed E-state index contributed by atoms with van der Waals surface area (Å²) in [6.07, 6.45) is -2.94. The molecule has 144 valence electrons. The summed E-state index contributed by atoms with van der Waals surface area (Å²) in [5, 5.41) is 10.1. The highest BCUT2D eigenvalue weighted by Gasteiger charge is 2.46. The van der Waals surface area contributed by atoms with Gasteiger partial charge in [-0.1, -0.05) is 29.3 Å². The van der Waals surface area contributed by atoms with E-state index < -0.39 is 24.0 Å². The third-order valence-electron chi connectivity index (χ3n) is 4.82. The summed E-state index contributed by atoms with van der Waals surface area (Å²) >= 11 is 11.8. The molecule has 2 aromatic rings. The number of aliphatic hydroxyl groups is 1. The lowest BCUT2D eigenvalue weighted by molar-refractivity contribution is -0.133. The van der Waals surface area contributed by atoms with Crippen LogP contribution in [-0.2, 0) is 16.9 Å². The van der Waals surface area contributed by atoms with Crippen LogP contribution in [0.1, 0.15) is 54.2 Å². The van der Waals surface area contributed by atoms with Gasteiger partial charge in [0.2, 0.25) is 0 Å². The zero-order valence-electron chi connectivity index (χ0n) is 14.1. The van der Waals surface area contributed by atoms with E-state index in [9.17, 15) is 18.7 Å². The topological polar surface area (TPSA) is 50.2 Å². The van der Waals surface area contributed by atoms with Crippen molar-refractivity contribution in [2.24, 2.45) is 0 Å². The number of ketones is 1. The standard InChI is InChI=1S/C19H16Cl2F3NO2/c20-10-8-12(18(22)23)11(14(21)9-10)3-4-16(27)19(24)6-5-15(26)17-13(19)2-1-7-25-17/h1-2,7-9,15,18,26H,3-6H2/t15-,19+/m0/s1. The van der Waals surface area contributed by atoms with Crippen LogP contribution in [0.25, 0.3) is 0 Å². The molecule has 2 atom stereocenters. The Hall–Kier alpha value is -1.63. The Labute approximate surface area is 164 Å². The maximum atomic E-state index is 15.6. The zero-order chi connectivity index (χ0) is 19.8. The molecule has 0 saturated heterocycles. The first kappa shape index (κ1) is 20.1. The van der Waals surface area contributed by atoms with Crippen molar-refractivity contribution in [1.82, 2.24) is 4.98 Å². The molecule has 1 aromatic carbocycles. The third-order valence-corrected chi connectivity index (χ3v) is 5.37. The van der Waals surface area contributed by atoms with Gasteiger partial charge in [0, 0.05) is 33.8 Å². The minimum absolute atomic E-state index is 0.0136. The number of rotatable bonds is 5. The molecule has 1 heterocycles. The normalized spacial score (nSPS) is 22.0. The van der Waals surface area contributed by atoms with Crippen LogP contribution in [0.3, 0.4) is 0 Å². The van der Waals surface area contributed by atoms with Crippen LogP contribution in [0, 0.1) is 0 Å². The van der Waals surface area contributed by atoms with Crippen LogP contribution >= 0.6 is 23.2 Å². The van der Waals surface area contributed by atoms with E-state index >= 15 is 4.39 Å². The summed E-state index contributed by atoms with van der Waals surface area (Å²) in [5.74, 6) is -0.755. The van der Waals surface area contributed by atoms with Gasteiger partial charge in [0.05, 0.1) is 11.8 Å². The lowest BCUT2D eigenvalue weighted by Crippen LogP contribution is -2.37. The lowest BCUT2D eigenvalue weighted by Gasteiger charge is -2.32. The van der Waals surface area contributed by atoms with E-state index in [0.29, 0.717) is 0 Å². The number of alkyl halides is 3. The van der Waals surface area contributed by atoms with Crippen LogP contribution in [0.15, 0.2) is 30.5 Å². The molecule has 3 nitrogen and oxygen atoms in total. The van der Waals surface area contributed by atoms with Crippen LogP contribution in [0.2, 0.25) is 10.0 Å². The van der Waals surface area contributed by atoms with Crippen LogP contribution in [0.4, 0.5) is 13.2 Å². The summed E-state index contributed by atoms with van der Waals surface area (Å²) in [5.41, 5.74) is -2.43. The Balaban J connectivity index is 1.86. The summed E-state index contributed by atoms with van der Waals surface area (Å²) < 4.78 is 42.1. The van der Waals surface area contributed by atoms with E-state index in [-0.39, 0.29) is 58.1 Å². The molecule has 1 N–H and O–H groups in total. The Morgan fingerprint density at radius 3 is 2.81 bits per heavy atom. The molecule has 0 unspecified atom stereocenters. The fourth-order valence-corrected chi connectivity index (χ4v) is 4.04. The fourth-order valence-electron chi connectivity index (χ4n) is 3.43. The van der Waals surface area contributed by atoms with E-state index in [4.69, 9.17) is 23.2 Å². The van der Waals surface area contributed by atoms with Gasteiger partial charge in [0.15, 0.2) is 11.5 Å². The number of halogens is 5. The number of hydrogen-bond donors (Lipinski definition) is 1. The molecule has 0 spiro atoms. The van der Waals surface area contributed by atoms with Gasteiger partial charge in [-0.3, -0.25) is 9.78 Å². The van der Waals surface area contributed by atoms with Crippen molar-refractivity contribution in [3.8, 4) is 0 Å². The van der Waals surface area contributed by atoms with Gasteiger partial charge < -0.3 is 5.11 Å². The highest BCUT2D eigenvalue weighted by atomic mass is 35.5. The Morgan fingerprint density at radius 1 is 1.37 bits per heavy atom. The molecule has 1 aromatic heterocycles. The Kier molecular flexibility index (Phi) is 5.79. The number of aromatic nitrogens is 1. The summed E-state index contributed by atoms with van der Waals surface area (Å²) in [7, 11) is 0. The largest absolute Gasteiger partial charge is 0.387 e. The predicted molar refractivity (Wildman–Crippen MR) is 96.0 cm³/mol. The second-order valence-electron chi connectivity index (χ2n) is 6.47. The minimum Gasteiger partial charge on any atom is -0.387 e. The average Bonchev–Trinajstić information content (AvgIpc) is 2.63. The smallest absolute Gasteiger partial charge is 0.264 e. The molecule has 1 aliphatic carbocycles. The summed E-state index contributed by atoms with van der Waals surface area (Å²) in [6, 6.07) is 5.32. The van der Waals surface area contributed by atoms with Crippen LogP contribution in [-0.4, -0.2) is 15.9 Å². The molecular formula is C19H16Cl2F3NO2. The number of Topliss-reactive ketones (excluding diaryl/α,β-unsaturated/α-hetero) is 1. The first-order valence-electron chi connectivity index (χ1n) is 8.35. The Bertz CT molecular complexity index is 878. The quantitative estimate of drug-likeness (QED) is 0.696. The molecule has 0 aliphatic heterocycles. The van der Waals surface area contributed by atoms with Crippen molar-refractivity contribution in [1.29, 1.82) is 0 Å². The molecule has 3 rings (SSSR count). The highest BCUT2D eigenvalue weighted by molar-refractivity contribution is 6.35. The highest BCUT2D eigenvalue weighted by Crippen LogP contribution is 2.44. The van der Waals surface area contributed by atoms with Crippen LogP contribution in [0.5, 0.6) is 0 Å². The molecule has 1 aliphatic rings. The lowest BCUT2D eigenvalue weighted by atomic mass is 9.77. The average molecular weight is 418 g/mol. The first-order chi connectivity index (χ1) is 12.7. The molecule has 0 bridgehead atoms. The monoisotopic (exact) mass is 417 g/mol. The number of carbonyl (C=O) groups is 1. The number of nitrogens with zero attached hydrogens (tertiary/aromatic N) is 1. The fraction of sp³-hybridized carbons (Fsp3) is 0.368. The SMILES string of the molecule is O=C(CCc1c(Cl)cc(Cl)cc1C(F)F)[C@@]1(F)CC[C@H](O)c2ncccc21. The van der Waals surface area contributed by atoms with E-state index in [1.165, 1.54) is 24.4 Å². The number of hydrogen-bond acceptors (Lipinski definition) is 3. The van der Waals surface area contributed by atoms with Crippen molar-refractivity contribution < 1.29 is 23.1 Å². The number of carbonyl (C=O) groups excluding carboxylic acids is 1. The van der Waals surface area contributed by atoms with Gasteiger partial charge in [-0.05, 0) is 43.0 Å². The molecule has 0 radical (unpaired) electrons. The molecule has 8 heteroatoms. The maximum Gasteiger partial charge on any atom is 0.264 e. The van der Waals surface area contributed by atoms with Crippen molar-refractivity contribution in [2.75, 3.05) is 0 Å². The number of pyridine rings is 1. The van der Waals surface area contributed by atoms with Gasteiger partial charge in [-0.15, -0.1) is 0 Å². The molecule has 27 heavy (non-hydrogen) atoms. The Morgan fingerprint density at radius 2 is 2.11 bits per heavy atom. The van der Waals surface area contributed by atoms with Gasteiger partial charge in [0.1, 0.15) is 0 Å². The molecule has 0 saturated carbocycles. The number of fused-ring (bicyclic) bond motifs is 1. The zero-order valence-corrected chi connectivity index (χ0v) is 15.6. The van der Waals surface area contributed by atoms with Gasteiger partial charge in [-0.2, -0.15) is 0 Å². The van der Waals surface area contributed by atoms with Gasteiger partial charge >= 0.3 is 0 Å². The minimum atomic E-state index is -2.82. The summed E-state index contributed by atoms with van der Waals surface area (Å²) in [6.45, 7) is 0. The van der Waals surface area contributed by atoms with Crippen molar-refractivity contribution in [2.45, 2.75) is 43.9 Å². The second kappa shape index (κ2) is 7.78. The molecule has 0 amide bonds. The van der Waals surface area contributed by atoms with E-state index in [1.54, 1.807) is 0 Å². The van der Waals surface area contributed by atoms with Crippen LogP contribution < -0.4 is 0 Å². The maximum absolute atomic E-state index is 15.6. The predicted octanol–water partition coefficient (Wildman–Crippen LogP) is 5.52. The van der Waals surface area contributed by atoms with E-state index in [2.05, 4.69) is 4.98 Å². The van der Waals surface area contributed by atoms with Crippen molar-refractivity contribution in [3.05, 3.63) is 62.9 Å². The van der Waals surface area contributed by atoms with Gasteiger partial charge in [-0.25, -0.2) is 13.2 Å². The first-order valence-corrected chi connectivity index (χ1v) is 9.11. The van der Waals surface area contributed by atoms with E-state index in [1.807, 2.05) is 0 Å². The van der Waals surface area contributed by atoms with Crippen molar-refractivity contribution >= 4 is 29.0 Å². The van der Waals surface area contributed by atoms with Gasteiger partial charge in [0.25, 0.3) is 6.43 Å².